The largest absolute Gasteiger partial charge is 0.398 e. The lowest BCUT2D eigenvalue weighted by molar-refractivity contribution is 1.31. The van der Waals surface area contributed by atoms with Gasteiger partial charge in [-0.15, -0.1) is 0 Å². The smallest absolute Gasteiger partial charge is 0.0502 e. The monoisotopic (exact) mass is 191 g/mol. The number of hydrogen-bond acceptors (Lipinski definition) is 2. The maximum Gasteiger partial charge on any atom is 0.0502 e. The highest BCUT2D eigenvalue weighted by molar-refractivity contribution is 7.80. The van der Waals surface area contributed by atoms with Crippen LogP contribution in [0.1, 0.15) is 17.5 Å². The number of benzene rings is 1. The van der Waals surface area contributed by atoms with Crippen molar-refractivity contribution in [3.63, 3.8) is 0 Å². The molecule has 0 saturated carbocycles. The van der Waals surface area contributed by atoms with E-state index in [1.165, 1.54) is 0 Å². The van der Waals surface area contributed by atoms with Gasteiger partial charge in [0, 0.05) is 17.7 Å². The van der Waals surface area contributed by atoms with Gasteiger partial charge in [-0.1, -0.05) is 24.0 Å². The summed E-state index contributed by atoms with van der Waals surface area (Å²) in [5.41, 5.74) is 8.63. The fraction of sp³-hybridized carbons (Fsp3) is 0.273. The Hall–Kier alpha value is -1.07. The van der Waals surface area contributed by atoms with Crippen LogP contribution in [0.15, 0.2) is 18.2 Å². The molecule has 0 atom stereocenters. The highest BCUT2D eigenvalue weighted by Crippen LogP contribution is 2.14. The predicted octanol–water partition coefficient (Wildman–Crippen LogP) is 2.25. The molecule has 13 heavy (non-hydrogen) atoms. The molecule has 0 heterocycles. The van der Waals surface area contributed by atoms with Gasteiger partial charge >= 0.3 is 0 Å². The van der Waals surface area contributed by atoms with Crippen molar-refractivity contribution >= 4 is 18.3 Å². The molecule has 1 aromatic rings. The van der Waals surface area contributed by atoms with E-state index in [-0.39, 0.29) is 0 Å². The van der Waals surface area contributed by atoms with Crippen LogP contribution in [0.25, 0.3) is 0 Å². The van der Waals surface area contributed by atoms with Crippen LogP contribution >= 0.6 is 12.6 Å². The second-order valence-electron chi connectivity index (χ2n) is 2.81. The van der Waals surface area contributed by atoms with Gasteiger partial charge in [-0.2, -0.15) is 12.6 Å². The zero-order valence-corrected chi connectivity index (χ0v) is 8.57. The SMILES string of the molecule is Cc1cccc(C#CCCS)c1N. The van der Waals surface area contributed by atoms with E-state index in [1.54, 1.807) is 0 Å². The summed E-state index contributed by atoms with van der Waals surface area (Å²) in [5.74, 6) is 6.83. The van der Waals surface area contributed by atoms with Gasteiger partial charge in [-0.05, 0) is 18.6 Å². The van der Waals surface area contributed by atoms with Crippen LogP contribution in [0.5, 0.6) is 0 Å². The molecule has 0 radical (unpaired) electrons. The molecule has 0 bridgehead atoms. The summed E-state index contributed by atoms with van der Waals surface area (Å²) in [5, 5.41) is 0. The molecule has 0 aromatic heterocycles. The summed E-state index contributed by atoms with van der Waals surface area (Å²) >= 11 is 4.08. The summed E-state index contributed by atoms with van der Waals surface area (Å²) in [6, 6.07) is 5.89. The summed E-state index contributed by atoms with van der Waals surface area (Å²) in [4.78, 5) is 0. The Bertz CT molecular complexity index is 347. The number of rotatable bonds is 1. The lowest BCUT2D eigenvalue weighted by Crippen LogP contribution is -1.93. The average Bonchev–Trinajstić information content (AvgIpc) is 2.13. The molecule has 2 heteroatoms. The Morgan fingerprint density at radius 3 is 2.92 bits per heavy atom. The van der Waals surface area contributed by atoms with Gasteiger partial charge < -0.3 is 5.73 Å². The molecule has 68 valence electrons. The first-order valence-electron chi connectivity index (χ1n) is 4.20. The quantitative estimate of drug-likeness (QED) is 0.397. The Labute approximate surface area is 84.8 Å². The Morgan fingerprint density at radius 2 is 2.23 bits per heavy atom. The number of hydrogen-bond donors (Lipinski definition) is 2. The first-order valence-corrected chi connectivity index (χ1v) is 4.83. The molecule has 0 fully saturated rings. The molecule has 1 rings (SSSR count). The molecule has 0 aliphatic rings. The van der Waals surface area contributed by atoms with Gasteiger partial charge in [0.1, 0.15) is 0 Å². The number of anilines is 1. The van der Waals surface area contributed by atoms with Crippen LogP contribution in [-0.4, -0.2) is 5.75 Å². The Balaban J connectivity index is 2.91. The Kier molecular flexibility index (Phi) is 3.72. The van der Waals surface area contributed by atoms with E-state index >= 15 is 0 Å². The van der Waals surface area contributed by atoms with E-state index in [0.29, 0.717) is 0 Å². The van der Waals surface area contributed by atoms with E-state index in [9.17, 15) is 0 Å². The van der Waals surface area contributed by atoms with Crippen LogP contribution in [0.3, 0.4) is 0 Å². The fourth-order valence-corrected chi connectivity index (χ4v) is 1.12. The van der Waals surface area contributed by atoms with Gasteiger partial charge in [0.25, 0.3) is 0 Å². The number of nitrogen functional groups attached to an aromatic ring is 1. The van der Waals surface area contributed by atoms with Crippen LogP contribution in [0.4, 0.5) is 5.69 Å². The normalized spacial score (nSPS) is 9.08. The zero-order chi connectivity index (χ0) is 9.68. The molecule has 2 N–H and O–H groups in total. The molecular formula is C11H13NS. The lowest BCUT2D eigenvalue weighted by atomic mass is 10.1. The van der Waals surface area contributed by atoms with E-state index < -0.39 is 0 Å². The van der Waals surface area contributed by atoms with Gasteiger partial charge in [0.15, 0.2) is 0 Å². The predicted molar refractivity (Wildman–Crippen MR) is 60.9 cm³/mol. The lowest BCUT2D eigenvalue weighted by Gasteiger charge is -2.00. The molecule has 1 nitrogen and oxygen atoms in total. The number of nitrogens with two attached hydrogens (primary N) is 1. The third kappa shape index (κ3) is 2.71. The highest BCUT2D eigenvalue weighted by atomic mass is 32.1. The molecule has 0 amide bonds. The van der Waals surface area contributed by atoms with E-state index in [0.717, 1.165) is 29.0 Å². The van der Waals surface area contributed by atoms with Crippen molar-refractivity contribution in [3.05, 3.63) is 29.3 Å². The van der Waals surface area contributed by atoms with Gasteiger partial charge in [0.05, 0.1) is 5.69 Å². The van der Waals surface area contributed by atoms with Crippen LogP contribution < -0.4 is 5.73 Å². The van der Waals surface area contributed by atoms with Crippen molar-refractivity contribution in [1.82, 2.24) is 0 Å². The molecule has 1 aromatic carbocycles. The van der Waals surface area contributed by atoms with Crippen LogP contribution in [0.2, 0.25) is 0 Å². The van der Waals surface area contributed by atoms with Crippen molar-refractivity contribution < 1.29 is 0 Å². The zero-order valence-electron chi connectivity index (χ0n) is 7.67. The van der Waals surface area contributed by atoms with Crippen LogP contribution in [-0.2, 0) is 0 Å². The van der Waals surface area contributed by atoms with Crippen molar-refractivity contribution in [3.8, 4) is 11.8 Å². The van der Waals surface area contributed by atoms with Crippen LogP contribution in [0, 0.1) is 18.8 Å². The second kappa shape index (κ2) is 4.84. The molecule has 0 spiro atoms. The van der Waals surface area contributed by atoms with Gasteiger partial charge in [-0.25, -0.2) is 0 Å². The topological polar surface area (TPSA) is 26.0 Å². The minimum atomic E-state index is 0.786. The first-order chi connectivity index (χ1) is 6.25. The van der Waals surface area contributed by atoms with E-state index in [2.05, 4.69) is 24.5 Å². The van der Waals surface area contributed by atoms with Crippen molar-refractivity contribution in [2.45, 2.75) is 13.3 Å². The van der Waals surface area contributed by atoms with Crippen molar-refractivity contribution in [2.24, 2.45) is 0 Å². The van der Waals surface area contributed by atoms with E-state index in [1.807, 2.05) is 25.1 Å². The van der Waals surface area contributed by atoms with Gasteiger partial charge in [0.2, 0.25) is 0 Å². The second-order valence-corrected chi connectivity index (χ2v) is 3.26. The summed E-state index contributed by atoms with van der Waals surface area (Å²) in [6.45, 7) is 1.99. The van der Waals surface area contributed by atoms with Gasteiger partial charge in [-0.3, -0.25) is 0 Å². The maximum absolute atomic E-state index is 5.84. The Morgan fingerprint density at radius 1 is 1.46 bits per heavy atom. The molecular weight excluding hydrogens is 178 g/mol. The van der Waals surface area contributed by atoms with Crippen molar-refractivity contribution in [1.29, 1.82) is 0 Å². The molecule has 0 aliphatic heterocycles. The molecule has 0 aliphatic carbocycles. The summed E-state index contributed by atoms with van der Waals surface area (Å²) in [6.07, 6.45) is 0.802. The van der Waals surface area contributed by atoms with E-state index in [4.69, 9.17) is 5.73 Å². The fourth-order valence-electron chi connectivity index (χ4n) is 1.00. The molecule has 0 unspecified atom stereocenters. The first kappa shape index (κ1) is 10.0. The standard InChI is InChI=1S/C11H13NS/c1-9-5-4-7-10(11(9)12)6-2-3-8-13/h4-5,7,13H,3,8,12H2,1H3. The number of aryl methyl sites for hydroxylation is 1. The maximum atomic E-state index is 5.84. The summed E-state index contributed by atoms with van der Waals surface area (Å²) in [7, 11) is 0. The highest BCUT2D eigenvalue weighted by Gasteiger charge is 1.96. The average molecular weight is 191 g/mol. The minimum Gasteiger partial charge on any atom is -0.398 e. The third-order valence-electron chi connectivity index (χ3n) is 1.78. The number of thiol groups is 1. The molecule has 0 saturated heterocycles. The third-order valence-corrected chi connectivity index (χ3v) is 2.01. The number of para-hydroxylation sites is 1. The summed E-state index contributed by atoms with van der Waals surface area (Å²) < 4.78 is 0. The van der Waals surface area contributed by atoms with Crippen molar-refractivity contribution in [2.75, 3.05) is 11.5 Å². The minimum absolute atomic E-state index is 0.786.